The number of nitrogens with one attached hydrogen (secondary N) is 2. The van der Waals surface area contributed by atoms with Crippen LogP contribution in [0.15, 0.2) is 18.2 Å². The molecule has 3 N–H and O–H groups in total. The average Bonchev–Trinajstić information content (AvgIpc) is 2.44. The molecular formula is C13H18N2O5. The van der Waals surface area contributed by atoms with Crippen LogP contribution in [0.5, 0.6) is 11.5 Å². The molecule has 0 fully saturated rings. The van der Waals surface area contributed by atoms with Gasteiger partial charge >= 0.3 is 11.8 Å². The van der Waals surface area contributed by atoms with Crippen LogP contribution >= 0.6 is 0 Å². The Morgan fingerprint density at radius 1 is 1.20 bits per heavy atom. The Morgan fingerprint density at radius 3 is 2.40 bits per heavy atom. The smallest absolute Gasteiger partial charge is 0.313 e. The topological polar surface area (TPSA) is 96.9 Å². The second-order valence-corrected chi connectivity index (χ2v) is 4.08. The molecule has 0 radical (unpaired) electrons. The zero-order valence-corrected chi connectivity index (χ0v) is 11.6. The van der Waals surface area contributed by atoms with E-state index < -0.39 is 17.9 Å². The summed E-state index contributed by atoms with van der Waals surface area (Å²) in [4.78, 5) is 23.0. The molecule has 1 atom stereocenters. The monoisotopic (exact) mass is 282 g/mol. The number of aliphatic hydroxyl groups is 1. The van der Waals surface area contributed by atoms with Crippen molar-refractivity contribution in [2.75, 3.05) is 26.1 Å². The summed E-state index contributed by atoms with van der Waals surface area (Å²) in [5, 5.41) is 13.7. The molecule has 7 heteroatoms. The van der Waals surface area contributed by atoms with E-state index >= 15 is 0 Å². The van der Waals surface area contributed by atoms with Gasteiger partial charge in [0.25, 0.3) is 0 Å². The first-order chi connectivity index (χ1) is 9.47. The van der Waals surface area contributed by atoms with Crippen molar-refractivity contribution in [3.05, 3.63) is 18.2 Å². The molecule has 0 saturated heterocycles. The number of ether oxygens (including phenoxy) is 2. The van der Waals surface area contributed by atoms with Gasteiger partial charge < -0.3 is 25.2 Å². The zero-order chi connectivity index (χ0) is 15.1. The standard InChI is InChI=1S/C13H18N2O5/c1-8(16)7-14-12(17)13(18)15-9-4-5-10(19-2)11(6-9)20-3/h4-6,8,16H,7H2,1-3H3,(H,14,17)(H,15,18). The van der Waals surface area contributed by atoms with Gasteiger partial charge in [-0.2, -0.15) is 0 Å². The lowest BCUT2D eigenvalue weighted by Gasteiger charge is -2.11. The quantitative estimate of drug-likeness (QED) is 0.667. The van der Waals surface area contributed by atoms with Crippen molar-refractivity contribution in [1.29, 1.82) is 0 Å². The van der Waals surface area contributed by atoms with Gasteiger partial charge in [-0.1, -0.05) is 0 Å². The summed E-state index contributed by atoms with van der Waals surface area (Å²) < 4.78 is 10.2. The lowest BCUT2D eigenvalue weighted by molar-refractivity contribution is -0.136. The number of amides is 2. The lowest BCUT2D eigenvalue weighted by atomic mass is 10.2. The largest absolute Gasteiger partial charge is 0.493 e. The molecule has 20 heavy (non-hydrogen) atoms. The van der Waals surface area contributed by atoms with Gasteiger partial charge in [-0.05, 0) is 19.1 Å². The van der Waals surface area contributed by atoms with Crippen LogP contribution in [0.25, 0.3) is 0 Å². The minimum absolute atomic E-state index is 0.0121. The molecular weight excluding hydrogens is 264 g/mol. The van der Waals surface area contributed by atoms with Crippen molar-refractivity contribution in [2.24, 2.45) is 0 Å². The molecule has 7 nitrogen and oxygen atoms in total. The third kappa shape index (κ3) is 4.43. The fraction of sp³-hybridized carbons (Fsp3) is 0.385. The number of hydrogen-bond donors (Lipinski definition) is 3. The Balaban J connectivity index is 2.68. The first-order valence-electron chi connectivity index (χ1n) is 5.97. The van der Waals surface area contributed by atoms with Gasteiger partial charge in [0.2, 0.25) is 0 Å². The summed E-state index contributed by atoms with van der Waals surface area (Å²) >= 11 is 0. The highest BCUT2D eigenvalue weighted by Gasteiger charge is 2.15. The molecule has 1 aromatic carbocycles. The first-order valence-corrected chi connectivity index (χ1v) is 5.97. The summed E-state index contributed by atoms with van der Waals surface area (Å²) in [7, 11) is 2.97. The predicted octanol–water partition coefficient (Wildman–Crippen LogP) is 0.139. The van der Waals surface area contributed by atoms with Crippen LogP contribution in [0.1, 0.15) is 6.92 Å². The van der Waals surface area contributed by atoms with Gasteiger partial charge in [0.05, 0.1) is 20.3 Å². The van der Waals surface area contributed by atoms with Gasteiger partial charge in [0, 0.05) is 18.3 Å². The van der Waals surface area contributed by atoms with E-state index in [0.717, 1.165) is 0 Å². The highest BCUT2D eigenvalue weighted by atomic mass is 16.5. The second kappa shape index (κ2) is 7.34. The number of methoxy groups -OCH3 is 2. The molecule has 1 rings (SSSR count). The highest BCUT2D eigenvalue weighted by molar-refractivity contribution is 6.39. The van der Waals surface area contributed by atoms with E-state index in [1.807, 2.05) is 0 Å². The maximum atomic E-state index is 11.6. The van der Waals surface area contributed by atoms with Crippen molar-refractivity contribution < 1.29 is 24.2 Å². The van der Waals surface area contributed by atoms with Crippen LogP contribution in [0.3, 0.4) is 0 Å². The fourth-order valence-electron chi connectivity index (χ4n) is 1.42. The fourth-order valence-corrected chi connectivity index (χ4v) is 1.42. The van der Waals surface area contributed by atoms with E-state index in [2.05, 4.69) is 10.6 Å². The van der Waals surface area contributed by atoms with Crippen molar-refractivity contribution in [2.45, 2.75) is 13.0 Å². The van der Waals surface area contributed by atoms with E-state index in [9.17, 15) is 9.59 Å². The Labute approximate surface area is 116 Å². The molecule has 0 aliphatic carbocycles. The molecule has 0 aromatic heterocycles. The molecule has 0 saturated carbocycles. The average molecular weight is 282 g/mol. The summed E-state index contributed by atoms with van der Waals surface area (Å²) in [6.45, 7) is 1.52. The van der Waals surface area contributed by atoms with Gasteiger partial charge in [-0.25, -0.2) is 0 Å². The zero-order valence-electron chi connectivity index (χ0n) is 11.6. The predicted molar refractivity (Wildman–Crippen MR) is 72.9 cm³/mol. The molecule has 0 bridgehead atoms. The molecule has 1 unspecified atom stereocenters. The summed E-state index contributed by atoms with van der Waals surface area (Å²) in [6.07, 6.45) is -0.715. The number of benzene rings is 1. The van der Waals surface area contributed by atoms with E-state index in [4.69, 9.17) is 14.6 Å². The van der Waals surface area contributed by atoms with Gasteiger partial charge in [-0.3, -0.25) is 9.59 Å². The van der Waals surface area contributed by atoms with Gasteiger partial charge in [-0.15, -0.1) is 0 Å². The summed E-state index contributed by atoms with van der Waals surface area (Å²) in [6, 6.07) is 4.74. The van der Waals surface area contributed by atoms with Crippen LogP contribution in [-0.2, 0) is 9.59 Å². The van der Waals surface area contributed by atoms with E-state index in [-0.39, 0.29) is 6.54 Å². The van der Waals surface area contributed by atoms with Crippen LogP contribution < -0.4 is 20.1 Å². The minimum Gasteiger partial charge on any atom is -0.493 e. The van der Waals surface area contributed by atoms with E-state index in [0.29, 0.717) is 17.2 Å². The van der Waals surface area contributed by atoms with Crippen molar-refractivity contribution in [3.8, 4) is 11.5 Å². The summed E-state index contributed by atoms with van der Waals surface area (Å²) in [5.41, 5.74) is 0.403. The van der Waals surface area contributed by atoms with Crippen molar-refractivity contribution >= 4 is 17.5 Å². The van der Waals surface area contributed by atoms with Crippen LogP contribution in [-0.4, -0.2) is 43.8 Å². The molecule has 0 aliphatic heterocycles. The second-order valence-electron chi connectivity index (χ2n) is 4.08. The summed E-state index contributed by atoms with van der Waals surface area (Å²) in [5.74, 6) is -0.683. The maximum absolute atomic E-state index is 11.6. The third-order valence-electron chi connectivity index (χ3n) is 2.41. The normalized spacial score (nSPS) is 11.4. The Morgan fingerprint density at radius 2 is 1.85 bits per heavy atom. The third-order valence-corrected chi connectivity index (χ3v) is 2.41. The molecule has 110 valence electrons. The van der Waals surface area contributed by atoms with Crippen LogP contribution in [0.2, 0.25) is 0 Å². The Bertz CT molecular complexity index is 488. The SMILES string of the molecule is COc1ccc(NC(=O)C(=O)NCC(C)O)cc1OC. The number of aliphatic hydroxyl groups excluding tert-OH is 1. The molecule has 0 aliphatic rings. The van der Waals surface area contributed by atoms with Crippen LogP contribution in [0.4, 0.5) is 5.69 Å². The number of rotatable bonds is 5. The first kappa shape index (κ1) is 15.8. The Hall–Kier alpha value is -2.28. The maximum Gasteiger partial charge on any atom is 0.313 e. The number of hydrogen-bond acceptors (Lipinski definition) is 5. The number of carbonyl (C=O) groups excluding carboxylic acids is 2. The number of carbonyl (C=O) groups is 2. The Kier molecular flexibility index (Phi) is 5.79. The van der Waals surface area contributed by atoms with Gasteiger partial charge in [0.15, 0.2) is 11.5 Å². The lowest BCUT2D eigenvalue weighted by Crippen LogP contribution is -2.38. The van der Waals surface area contributed by atoms with Gasteiger partial charge in [0.1, 0.15) is 0 Å². The molecule has 2 amide bonds. The minimum atomic E-state index is -0.821. The van der Waals surface area contributed by atoms with Crippen molar-refractivity contribution in [3.63, 3.8) is 0 Å². The van der Waals surface area contributed by atoms with Crippen molar-refractivity contribution in [1.82, 2.24) is 5.32 Å². The molecule has 0 heterocycles. The highest BCUT2D eigenvalue weighted by Crippen LogP contribution is 2.29. The number of anilines is 1. The molecule has 1 aromatic rings. The molecule has 0 spiro atoms. The van der Waals surface area contributed by atoms with Crippen LogP contribution in [0, 0.1) is 0 Å². The van der Waals surface area contributed by atoms with E-state index in [1.165, 1.54) is 21.1 Å². The van der Waals surface area contributed by atoms with E-state index in [1.54, 1.807) is 18.2 Å².